The molecule has 1 aromatic rings. The van der Waals surface area contributed by atoms with Gasteiger partial charge in [0, 0.05) is 38.7 Å². The van der Waals surface area contributed by atoms with E-state index < -0.39 is 12.8 Å². The third-order valence-corrected chi connectivity index (χ3v) is 4.76. The Morgan fingerprint density at radius 3 is 2.53 bits per heavy atom. The zero-order valence-electron chi connectivity index (χ0n) is 17.3. The number of alkyl halides is 3. The van der Waals surface area contributed by atoms with Crippen LogP contribution in [0.2, 0.25) is 0 Å². The highest BCUT2D eigenvalue weighted by molar-refractivity contribution is 14.0. The van der Waals surface area contributed by atoms with Gasteiger partial charge in [-0.2, -0.15) is 13.2 Å². The Kier molecular flexibility index (Phi) is 11.3. The Morgan fingerprint density at radius 2 is 1.93 bits per heavy atom. The summed E-state index contributed by atoms with van der Waals surface area (Å²) in [5.41, 5.74) is 0.599. The molecule has 0 spiro atoms. The molecular formula is C20H30F3IN4O2. The summed E-state index contributed by atoms with van der Waals surface area (Å²) in [5.74, 6) is 1.32. The second-order valence-electron chi connectivity index (χ2n) is 6.99. The number of carbonyl (C=O) groups is 1. The molecule has 0 atom stereocenters. The molecular weight excluding hydrogens is 512 g/mol. The molecule has 1 heterocycles. The lowest BCUT2D eigenvalue weighted by Gasteiger charge is -2.34. The van der Waals surface area contributed by atoms with Gasteiger partial charge in [0.25, 0.3) is 0 Å². The van der Waals surface area contributed by atoms with Gasteiger partial charge >= 0.3 is 6.18 Å². The van der Waals surface area contributed by atoms with E-state index in [-0.39, 0.29) is 42.2 Å². The Labute approximate surface area is 192 Å². The molecule has 0 aromatic heterocycles. The predicted molar refractivity (Wildman–Crippen MR) is 121 cm³/mol. The van der Waals surface area contributed by atoms with Gasteiger partial charge in [0.2, 0.25) is 5.91 Å². The van der Waals surface area contributed by atoms with E-state index in [2.05, 4.69) is 20.5 Å². The Morgan fingerprint density at radius 1 is 1.27 bits per heavy atom. The Bertz CT molecular complexity index is 693. The summed E-state index contributed by atoms with van der Waals surface area (Å²) in [6.07, 6.45) is -2.07. The lowest BCUT2D eigenvalue weighted by atomic mass is 9.93. The van der Waals surface area contributed by atoms with Crippen LogP contribution in [0.3, 0.4) is 0 Å². The average molecular weight is 542 g/mol. The summed E-state index contributed by atoms with van der Waals surface area (Å²) >= 11 is 0. The van der Waals surface area contributed by atoms with Crippen LogP contribution in [0.5, 0.6) is 5.75 Å². The smallest absolute Gasteiger partial charge is 0.422 e. The normalized spacial score (nSPS) is 15.4. The fourth-order valence-electron chi connectivity index (χ4n) is 3.23. The summed E-state index contributed by atoms with van der Waals surface area (Å²) in [6.45, 7) is 3.10. The third kappa shape index (κ3) is 8.97. The van der Waals surface area contributed by atoms with E-state index in [0.717, 1.165) is 31.9 Å². The van der Waals surface area contributed by atoms with Gasteiger partial charge in [-0.25, -0.2) is 4.99 Å². The first-order chi connectivity index (χ1) is 13.8. The zero-order valence-corrected chi connectivity index (χ0v) is 19.6. The highest BCUT2D eigenvalue weighted by atomic mass is 127. The third-order valence-electron chi connectivity index (χ3n) is 4.76. The van der Waals surface area contributed by atoms with Crippen LogP contribution < -0.4 is 15.4 Å². The topological polar surface area (TPSA) is 66.0 Å². The number of hydrogen-bond donors (Lipinski definition) is 2. The molecule has 0 aliphatic carbocycles. The monoisotopic (exact) mass is 542 g/mol. The molecule has 0 bridgehead atoms. The number of rotatable bonds is 7. The molecule has 1 aliphatic heterocycles. The van der Waals surface area contributed by atoms with Gasteiger partial charge in [-0.1, -0.05) is 18.2 Å². The van der Waals surface area contributed by atoms with Crippen molar-refractivity contribution in [2.45, 2.75) is 38.9 Å². The van der Waals surface area contributed by atoms with Gasteiger partial charge in [0.05, 0.1) is 6.54 Å². The van der Waals surface area contributed by atoms with E-state index in [1.165, 1.54) is 6.07 Å². The van der Waals surface area contributed by atoms with E-state index in [0.29, 0.717) is 24.4 Å². The molecule has 1 saturated heterocycles. The molecule has 1 aliphatic rings. The Hall–Kier alpha value is -1.72. The lowest BCUT2D eigenvalue weighted by Crippen LogP contribution is -2.46. The fraction of sp³-hybridized carbons (Fsp3) is 0.600. The van der Waals surface area contributed by atoms with Crippen molar-refractivity contribution in [1.29, 1.82) is 0 Å². The van der Waals surface area contributed by atoms with Crippen LogP contribution in [0.25, 0.3) is 0 Å². The van der Waals surface area contributed by atoms with Crippen LogP contribution in [0, 0.1) is 5.92 Å². The van der Waals surface area contributed by atoms with Crippen molar-refractivity contribution in [3.8, 4) is 5.75 Å². The number of piperidine rings is 1. The van der Waals surface area contributed by atoms with E-state index in [4.69, 9.17) is 4.74 Å². The summed E-state index contributed by atoms with van der Waals surface area (Å²) in [5, 5.41) is 5.90. The van der Waals surface area contributed by atoms with E-state index >= 15 is 0 Å². The number of carbonyl (C=O) groups excluding carboxylic acids is 1. The molecule has 1 aromatic carbocycles. The van der Waals surface area contributed by atoms with Crippen LogP contribution >= 0.6 is 24.0 Å². The van der Waals surface area contributed by atoms with Crippen molar-refractivity contribution in [3.63, 3.8) is 0 Å². The molecule has 10 heteroatoms. The minimum absolute atomic E-state index is 0. The first-order valence-electron chi connectivity index (χ1n) is 9.83. The minimum atomic E-state index is -4.38. The molecule has 6 nitrogen and oxygen atoms in total. The molecule has 2 N–H and O–H groups in total. The highest BCUT2D eigenvalue weighted by Gasteiger charge is 2.29. The maximum absolute atomic E-state index is 12.5. The van der Waals surface area contributed by atoms with Crippen molar-refractivity contribution >= 4 is 35.8 Å². The van der Waals surface area contributed by atoms with Gasteiger partial charge in [-0.15, -0.1) is 24.0 Å². The van der Waals surface area contributed by atoms with Crippen LogP contribution in [0.1, 0.15) is 31.7 Å². The van der Waals surface area contributed by atoms with Crippen LogP contribution in [-0.4, -0.2) is 56.2 Å². The van der Waals surface area contributed by atoms with Crippen LogP contribution in [0.15, 0.2) is 29.3 Å². The SMILES string of the molecule is CCNC(=NCc1ccccc1OCC(F)(F)F)N1CCC(CC(=O)NC)CC1.I. The minimum Gasteiger partial charge on any atom is -0.484 e. The summed E-state index contributed by atoms with van der Waals surface area (Å²) in [7, 11) is 1.64. The molecule has 0 radical (unpaired) electrons. The van der Waals surface area contributed by atoms with Gasteiger partial charge in [-0.05, 0) is 31.7 Å². The maximum Gasteiger partial charge on any atom is 0.422 e. The number of halogens is 4. The van der Waals surface area contributed by atoms with Crippen molar-refractivity contribution in [2.24, 2.45) is 10.9 Å². The van der Waals surface area contributed by atoms with Crippen LogP contribution in [0.4, 0.5) is 13.2 Å². The second-order valence-corrected chi connectivity index (χ2v) is 6.99. The summed E-state index contributed by atoms with van der Waals surface area (Å²) in [6, 6.07) is 6.63. The molecule has 0 unspecified atom stereocenters. The molecule has 0 saturated carbocycles. The number of likely N-dealkylation sites (tertiary alicyclic amines) is 1. The van der Waals surface area contributed by atoms with Crippen molar-refractivity contribution < 1.29 is 22.7 Å². The first-order valence-corrected chi connectivity index (χ1v) is 9.83. The zero-order chi connectivity index (χ0) is 21.3. The number of nitrogens with zero attached hydrogens (tertiary/aromatic N) is 2. The van der Waals surface area contributed by atoms with Crippen molar-refractivity contribution in [2.75, 3.05) is 33.3 Å². The van der Waals surface area contributed by atoms with Gasteiger partial charge in [0.1, 0.15) is 5.75 Å². The number of benzene rings is 1. The molecule has 30 heavy (non-hydrogen) atoms. The first kappa shape index (κ1) is 26.3. The van der Waals surface area contributed by atoms with Crippen molar-refractivity contribution in [3.05, 3.63) is 29.8 Å². The number of aliphatic imine (C=N–C) groups is 1. The van der Waals surface area contributed by atoms with Gasteiger partial charge in [-0.3, -0.25) is 4.79 Å². The number of guanidine groups is 1. The molecule has 2 rings (SSSR count). The van der Waals surface area contributed by atoms with Crippen LogP contribution in [-0.2, 0) is 11.3 Å². The number of hydrogen-bond acceptors (Lipinski definition) is 3. The number of ether oxygens (including phenoxy) is 1. The number of para-hydroxylation sites is 1. The van der Waals surface area contributed by atoms with E-state index in [1.54, 1.807) is 25.2 Å². The van der Waals surface area contributed by atoms with Crippen molar-refractivity contribution in [1.82, 2.24) is 15.5 Å². The maximum atomic E-state index is 12.5. The standard InChI is InChI=1S/C20H29F3N4O2.HI/c1-3-25-19(27-10-8-15(9-11-27)12-18(28)24-2)26-13-16-6-4-5-7-17(16)29-14-20(21,22)23;/h4-7,15H,3,8-14H2,1-2H3,(H,24,28)(H,25,26);1H. The predicted octanol–water partition coefficient (Wildman–Crippen LogP) is 3.56. The molecule has 1 amide bonds. The average Bonchev–Trinajstić information content (AvgIpc) is 2.70. The fourth-order valence-corrected chi connectivity index (χ4v) is 3.23. The molecule has 1 fully saturated rings. The van der Waals surface area contributed by atoms with E-state index in [9.17, 15) is 18.0 Å². The number of nitrogens with one attached hydrogen (secondary N) is 2. The lowest BCUT2D eigenvalue weighted by molar-refractivity contribution is -0.153. The molecule has 170 valence electrons. The van der Waals surface area contributed by atoms with Gasteiger partial charge in [0.15, 0.2) is 12.6 Å². The number of amides is 1. The largest absolute Gasteiger partial charge is 0.484 e. The summed E-state index contributed by atoms with van der Waals surface area (Å²) in [4.78, 5) is 18.3. The Balaban J connectivity index is 0.00000450. The summed E-state index contributed by atoms with van der Waals surface area (Å²) < 4.78 is 42.3. The van der Waals surface area contributed by atoms with E-state index in [1.807, 2.05) is 6.92 Å². The van der Waals surface area contributed by atoms with Gasteiger partial charge < -0.3 is 20.3 Å². The second kappa shape index (κ2) is 12.9. The highest BCUT2D eigenvalue weighted by Crippen LogP contribution is 2.24. The quantitative estimate of drug-likeness (QED) is 0.314.